The van der Waals surface area contributed by atoms with Gasteiger partial charge < -0.3 is 5.11 Å². The summed E-state index contributed by atoms with van der Waals surface area (Å²) in [6, 6.07) is 4.68. The van der Waals surface area contributed by atoms with Crippen molar-refractivity contribution in [2.75, 3.05) is 0 Å². The molecule has 1 aromatic rings. The first kappa shape index (κ1) is 7.53. The van der Waals surface area contributed by atoms with Crippen LogP contribution < -0.4 is 0 Å². The van der Waals surface area contributed by atoms with Gasteiger partial charge in [-0.3, -0.25) is 4.79 Å². The quantitative estimate of drug-likeness (QED) is 0.607. The van der Waals surface area contributed by atoms with Gasteiger partial charge in [-0.25, -0.2) is 0 Å². The monoisotopic (exact) mass is 248 g/mol. The van der Waals surface area contributed by atoms with E-state index in [-0.39, 0.29) is 5.75 Å². The lowest BCUT2D eigenvalue weighted by Crippen LogP contribution is -1.83. The van der Waals surface area contributed by atoms with Crippen molar-refractivity contribution in [3.05, 3.63) is 27.3 Å². The molecule has 0 amide bonds. The summed E-state index contributed by atoms with van der Waals surface area (Å²) in [5, 5.41) is 8.91. The van der Waals surface area contributed by atoms with Crippen LogP contribution in [0.2, 0.25) is 0 Å². The molecule has 1 N–H and O–H groups in total. The van der Waals surface area contributed by atoms with Gasteiger partial charge in [0.1, 0.15) is 5.75 Å². The maximum absolute atomic E-state index is 10.3. The van der Waals surface area contributed by atoms with Crippen LogP contribution in [-0.2, 0) is 0 Å². The van der Waals surface area contributed by atoms with Crippen LogP contribution in [0.3, 0.4) is 0 Å². The number of aldehydes is 1. The van der Waals surface area contributed by atoms with Gasteiger partial charge in [0.15, 0.2) is 6.29 Å². The third-order valence-corrected chi connectivity index (χ3v) is 2.09. The minimum atomic E-state index is 0.127. The lowest BCUT2D eigenvalue weighted by Gasteiger charge is -1.95. The van der Waals surface area contributed by atoms with Gasteiger partial charge in [0.2, 0.25) is 0 Å². The van der Waals surface area contributed by atoms with Crippen LogP contribution in [0.4, 0.5) is 0 Å². The normalized spacial score (nSPS) is 9.30. The summed E-state index contributed by atoms with van der Waals surface area (Å²) in [5.74, 6) is 0.127. The average Bonchev–Trinajstić information content (AvgIpc) is 1.94. The summed E-state index contributed by atoms with van der Waals surface area (Å²) >= 11 is 2.03. The first-order valence-electron chi connectivity index (χ1n) is 2.68. The number of hydrogen-bond acceptors (Lipinski definition) is 2. The molecular weight excluding hydrogens is 243 g/mol. The molecule has 0 aliphatic carbocycles. The minimum Gasteiger partial charge on any atom is -0.508 e. The highest BCUT2D eigenvalue weighted by Gasteiger charge is 1.97. The molecular formula is C7H5IO2. The molecule has 0 radical (unpaired) electrons. The molecule has 1 rings (SSSR count). The summed E-state index contributed by atoms with van der Waals surface area (Å²) in [6.07, 6.45) is 0.724. The molecule has 0 aromatic heterocycles. The molecule has 0 saturated carbocycles. The number of benzene rings is 1. The highest BCUT2D eigenvalue weighted by Crippen LogP contribution is 2.16. The third kappa shape index (κ3) is 1.47. The first-order valence-corrected chi connectivity index (χ1v) is 3.75. The number of phenols is 1. The van der Waals surface area contributed by atoms with E-state index in [9.17, 15) is 4.79 Å². The number of hydrogen-bond donors (Lipinski definition) is 1. The maximum atomic E-state index is 10.3. The molecule has 0 fully saturated rings. The number of aromatic hydroxyl groups is 1. The molecule has 0 saturated heterocycles. The van der Waals surface area contributed by atoms with E-state index >= 15 is 0 Å². The fraction of sp³-hybridized carbons (Fsp3) is 0. The van der Waals surface area contributed by atoms with E-state index < -0.39 is 0 Å². The molecule has 0 aliphatic rings. The van der Waals surface area contributed by atoms with E-state index in [1.54, 1.807) is 12.1 Å². The number of rotatable bonds is 1. The van der Waals surface area contributed by atoms with Crippen molar-refractivity contribution >= 4 is 28.9 Å². The van der Waals surface area contributed by atoms with Gasteiger partial charge >= 0.3 is 0 Å². The molecule has 2 nitrogen and oxygen atoms in total. The van der Waals surface area contributed by atoms with Gasteiger partial charge in [0.05, 0.1) is 0 Å². The molecule has 52 valence electrons. The van der Waals surface area contributed by atoms with Gasteiger partial charge in [-0.05, 0) is 40.8 Å². The van der Waals surface area contributed by atoms with Crippen LogP contribution in [0, 0.1) is 3.57 Å². The van der Waals surface area contributed by atoms with Crippen LogP contribution in [0.25, 0.3) is 0 Å². The molecule has 0 atom stereocenters. The Balaban J connectivity index is 3.21. The van der Waals surface area contributed by atoms with Gasteiger partial charge in [-0.2, -0.15) is 0 Å². The Morgan fingerprint density at radius 1 is 1.50 bits per heavy atom. The third-order valence-electron chi connectivity index (χ3n) is 1.11. The van der Waals surface area contributed by atoms with Crippen molar-refractivity contribution in [2.24, 2.45) is 0 Å². The maximum Gasteiger partial charge on any atom is 0.151 e. The standard InChI is InChI=1S/C7H5IO2/c8-7-2-1-6(10)3-5(7)4-9/h1-4,10H. The largest absolute Gasteiger partial charge is 0.508 e. The summed E-state index contributed by atoms with van der Waals surface area (Å²) < 4.78 is 0.852. The molecule has 0 spiro atoms. The summed E-state index contributed by atoms with van der Waals surface area (Å²) in [6.45, 7) is 0. The van der Waals surface area contributed by atoms with Crippen LogP contribution >= 0.6 is 22.6 Å². The Kier molecular flexibility index (Phi) is 2.26. The zero-order chi connectivity index (χ0) is 7.56. The zero-order valence-corrected chi connectivity index (χ0v) is 7.20. The Morgan fingerprint density at radius 2 is 2.20 bits per heavy atom. The number of halogens is 1. The van der Waals surface area contributed by atoms with E-state index in [0.29, 0.717) is 5.56 Å². The van der Waals surface area contributed by atoms with E-state index in [1.807, 2.05) is 22.6 Å². The van der Waals surface area contributed by atoms with Crippen molar-refractivity contribution in [3.63, 3.8) is 0 Å². The smallest absolute Gasteiger partial charge is 0.151 e. The number of carbonyl (C=O) groups excluding carboxylic acids is 1. The van der Waals surface area contributed by atoms with E-state index in [4.69, 9.17) is 5.11 Å². The Labute approximate surface area is 72.0 Å². The van der Waals surface area contributed by atoms with Gasteiger partial charge in [-0.15, -0.1) is 0 Å². The van der Waals surface area contributed by atoms with Crippen LogP contribution in [0.5, 0.6) is 5.75 Å². The fourth-order valence-corrected chi connectivity index (χ4v) is 1.08. The highest BCUT2D eigenvalue weighted by molar-refractivity contribution is 14.1. The second-order valence-electron chi connectivity index (χ2n) is 1.82. The first-order chi connectivity index (χ1) is 4.74. The number of carbonyl (C=O) groups is 1. The van der Waals surface area contributed by atoms with Gasteiger partial charge in [0, 0.05) is 9.13 Å². The predicted molar refractivity (Wildman–Crippen MR) is 46.2 cm³/mol. The van der Waals surface area contributed by atoms with Crippen LogP contribution in [0.15, 0.2) is 18.2 Å². The van der Waals surface area contributed by atoms with E-state index in [1.165, 1.54) is 6.07 Å². The second kappa shape index (κ2) is 3.01. The SMILES string of the molecule is O=Cc1cc(O)ccc1I. The fourth-order valence-electron chi connectivity index (χ4n) is 0.621. The molecule has 0 heterocycles. The Bertz CT molecular complexity index is 258. The van der Waals surface area contributed by atoms with Crippen molar-refractivity contribution in [1.29, 1.82) is 0 Å². The second-order valence-corrected chi connectivity index (χ2v) is 2.99. The lowest BCUT2D eigenvalue weighted by atomic mass is 10.2. The number of phenolic OH excluding ortho intramolecular Hbond substituents is 1. The van der Waals surface area contributed by atoms with Crippen LogP contribution in [-0.4, -0.2) is 11.4 Å². The molecule has 0 aliphatic heterocycles. The molecule has 0 unspecified atom stereocenters. The van der Waals surface area contributed by atoms with Gasteiger partial charge in [-0.1, -0.05) is 0 Å². The van der Waals surface area contributed by atoms with Gasteiger partial charge in [0.25, 0.3) is 0 Å². The van der Waals surface area contributed by atoms with Crippen molar-refractivity contribution < 1.29 is 9.90 Å². The topological polar surface area (TPSA) is 37.3 Å². The molecule has 10 heavy (non-hydrogen) atoms. The van der Waals surface area contributed by atoms with Crippen molar-refractivity contribution in [1.82, 2.24) is 0 Å². The predicted octanol–water partition coefficient (Wildman–Crippen LogP) is 1.81. The van der Waals surface area contributed by atoms with Crippen molar-refractivity contribution in [2.45, 2.75) is 0 Å². The van der Waals surface area contributed by atoms with E-state index in [0.717, 1.165) is 9.86 Å². The summed E-state index contributed by atoms with van der Waals surface area (Å²) in [5.41, 5.74) is 0.528. The zero-order valence-electron chi connectivity index (χ0n) is 5.04. The van der Waals surface area contributed by atoms with E-state index in [2.05, 4.69) is 0 Å². The average molecular weight is 248 g/mol. The molecule has 3 heteroatoms. The highest BCUT2D eigenvalue weighted by atomic mass is 127. The minimum absolute atomic E-state index is 0.127. The summed E-state index contributed by atoms with van der Waals surface area (Å²) in [4.78, 5) is 10.3. The molecule has 0 bridgehead atoms. The van der Waals surface area contributed by atoms with Crippen molar-refractivity contribution in [3.8, 4) is 5.75 Å². The summed E-state index contributed by atoms with van der Waals surface area (Å²) in [7, 11) is 0. The Hall–Kier alpha value is -0.580. The Morgan fingerprint density at radius 3 is 2.70 bits per heavy atom. The molecule has 1 aromatic carbocycles. The lowest BCUT2D eigenvalue weighted by molar-refractivity contribution is 0.112. The van der Waals surface area contributed by atoms with Crippen LogP contribution in [0.1, 0.15) is 10.4 Å².